The molecule has 1 aromatic heterocycles. The molecule has 0 unspecified atom stereocenters. The highest BCUT2D eigenvalue weighted by Crippen LogP contribution is 2.32. The van der Waals surface area contributed by atoms with Gasteiger partial charge in [-0.25, -0.2) is 17.4 Å². The van der Waals surface area contributed by atoms with E-state index in [4.69, 9.17) is 11.6 Å². The quantitative estimate of drug-likeness (QED) is 0.550. The third-order valence-electron chi connectivity index (χ3n) is 3.18. The predicted molar refractivity (Wildman–Crippen MR) is 93.9 cm³/mol. The van der Waals surface area contributed by atoms with Gasteiger partial charge in [0.2, 0.25) is 5.28 Å². The fourth-order valence-electron chi connectivity index (χ4n) is 2.07. The van der Waals surface area contributed by atoms with Gasteiger partial charge in [-0.1, -0.05) is 17.7 Å². The number of hydrogen-bond donors (Lipinski definition) is 0. The normalized spacial score (nSPS) is 12.0. The van der Waals surface area contributed by atoms with Gasteiger partial charge in [0.15, 0.2) is 0 Å². The molecule has 0 amide bonds. The number of hydrogen-bond acceptors (Lipinski definition) is 3. The van der Waals surface area contributed by atoms with Crippen molar-refractivity contribution >= 4 is 64.5 Å². The molecule has 0 spiro atoms. The lowest BCUT2D eigenvalue weighted by molar-refractivity contribution is 0.589. The van der Waals surface area contributed by atoms with Crippen LogP contribution >= 0.6 is 43.5 Å². The number of nitrogens with zero attached hydrogens (tertiary/aromatic N) is 2. The van der Waals surface area contributed by atoms with Gasteiger partial charge in [-0.3, -0.25) is 0 Å². The lowest BCUT2D eigenvalue weighted by Gasteiger charge is -2.08. The first-order valence-corrected chi connectivity index (χ1v) is 9.56. The Labute approximate surface area is 149 Å². The van der Waals surface area contributed by atoms with Gasteiger partial charge < -0.3 is 0 Å². The van der Waals surface area contributed by atoms with Gasteiger partial charge in [0.1, 0.15) is 0 Å². The molecule has 0 aliphatic heterocycles. The van der Waals surface area contributed by atoms with E-state index in [-0.39, 0.29) is 10.2 Å². The van der Waals surface area contributed by atoms with Crippen molar-refractivity contribution in [1.29, 1.82) is 0 Å². The summed E-state index contributed by atoms with van der Waals surface area (Å²) in [5, 5.41) is -0.0967. The fourth-order valence-corrected chi connectivity index (χ4v) is 4.52. The Balaban J connectivity index is 2.31. The largest absolute Gasteiger partial charge is 0.270 e. The highest BCUT2D eigenvalue weighted by Gasteiger charge is 2.24. The van der Waals surface area contributed by atoms with E-state index in [0.29, 0.717) is 11.0 Å². The molecule has 0 atom stereocenters. The van der Waals surface area contributed by atoms with Gasteiger partial charge >= 0.3 is 0 Å². The summed E-state index contributed by atoms with van der Waals surface area (Å²) in [5.41, 5.74) is 1.89. The Morgan fingerprint density at radius 3 is 2.32 bits per heavy atom. The first-order valence-electron chi connectivity index (χ1n) is 6.16. The first kappa shape index (κ1) is 16.0. The molecule has 2 aromatic carbocycles. The maximum atomic E-state index is 12.8. The summed E-state index contributed by atoms with van der Waals surface area (Å²) in [7, 11) is -3.81. The Hall–Kier alpha value is -0.890. The molecule has 0 radical (unpaired) electrons. The summed E-state index contributed by atoms with van der Waals surface area (Å²) >= 11 is 12.8. The van der Waals surface area contributed by atoms with Gasteiger partial charge in [0.05, 0.1) is 15.9 Å². The van der Waals surface area contributed by atoms with Crippen LogP contribution in [-0.2, 0) is 10.0 Å². The molecular formula is C14H9Br2ClN2O2S. The average molecular weight is 465 g/mol. The molecule has 0 N–H and O–H groups in total. The molecule has 0 saturated carbocycles. The van der Waals surface area contributed by atoms with Crippen molar-refractivity contribution < 1.29 is 8.42 Å². The van der Waals surface area contributed by atoms with Crippen LogP contribution in [0.2, 0.25) is 5.28 Å². The first-order chi connectivity index (χ1) is 10.3. The minimum Gasteiger partial charge on any atom is -0.217 e. The molecule has 0 saturated heterocycles. The Bertz CT molecular complexity index is 982. The van der Waals surface area contributed by atoms with Crippen molar-refractivity contribution in [2.45, 2.75) is 11.8 Å². The molecule has 8 heteroatoms. The Morgan fingerprint density at radius 1 is 1.09 bits per heavy atom. The topological polar surface area (TPSA) is 52.0 Å². The second-order valence-electron chi connectivity index (χ2n) is 4.72. The van der Waals surface area contributed by atoms with Gasteiger partial charge in [-0.05, 0) is 74.7 Å². The number of fused-ring (bicyclic) bond motifs is 1. The number of imidazole rings is 1. The maximum Gasteiger partial charge on any atom is 0.270 e. The van der Waals surface area contributed by atoms with Crippen LogP contribution in [0.3, 0.4) is 0 Å². The van der Waals surface area contributed by atoms with Crippen molar-refractivity contribution in [2.24, 2.45) is 0 Å². The van der Waals surface area contributed by atoms with E-state index in [0.717, 1.165) is 18.5 Å². The molecule has 3 rings (SSSR count). The number of rotatable bonds is 2. The van der Waals surface area contributed by atoms with Crippen molar-refractivity contribution in [3.8, 4) is 0 Å². The second kappa shape index (κ2) is 5.63. The number of aryl methyl sites for hydroxylation is 1. The van der Waals surface area contributed by atoms with Gasteiger partial charge in [-0.15, -0.1) is 0 Å². The second-order valence-corrected chi connectivity index (χ2v) is 8.55. The summed E-state index contributed by atoms with van der Waals surface area (Å²) < 4.78 is 28.2. The van der Waals surface area contributed by atoms with Crippen LogP contribution in [0.25, 0.3) is 11.0 Å². The lowest BCUT2D eigenvalue weighted by atomic mass is 10.2. The molecule has 4 nitrogen and oxygen atoms in total. The summed E-state index contributed by atoms with van der Waals surface area (Å²) in [5.74, 6) is 0. The fraction of sp³-hybridized carbons (Fsp3) is 0.0714. The lowest BCUT2D eigenvalue weighted by Crippen LogP contribution is -2.13. The molecule has 1 heterocycles. The van der Waals surface area contributed by atoms with Crippen molar-refractivity contribution in [3.05, 3.63) is 56.2 Å². The van der Waals surface area contributed by atoms with Crippen LogP contribution in [0.1, 0.15) is 5.56 Å². The van der Waals surface area contributed by atoms with Gasteiger partial charge in [-0.2, -0.15) is 0 Å². The zero-order valence-electron chi connectivity index (χ0n) is 11.2. The molecule has 0 fully saturated rings. The van der Waals surface area contributed by atoms with Crippen LogP contribution in [0.5, 0.6) is 0 Å². The average Bonchev–Trinajstić information content (AvgIpc) is 2.75. The summed E-state index contributed by atoms with van der Waals surface area (Å²) in [6, 6.07) is 9.98. The Kier molecular flexibility index (Phi) is 4.09. The molecular weight excluding hydrogens is 455 g/mol. The standard InChI is InChI=1S/C14H9Br2ClN2O2S/c1-8-2-4-9(5-3-8)22(20,21)19-13-7-11(16)10(15)6-12(13)18-14(19)17/h2-7H,1H3. The number of halogens is 3. The number of aromatic nitrogens is 2. The SMILES string of the molecule is Cc1ccc(S(=O)(=O)n2c(Cl)nc3cc(Br)c(Br)cc32)cc1. The molecule has 3 aromatic rings. The summed E-state index contributed by atoms with van der Waals surface area (Å²) in [4.78, 5) is 4.29. The van der Waals surface area contributed by atoms with Crippen LogP contribution in [0.4, 0.5) is 0 Å². The molecule has 0 aliphatic carbocycles. The van der Waals surface area contributed by atoms with E-state index < -0.39 is 10.0 Å². The number of benzene rings is 2. The Morgan fingerprint density at radius 2 is 1.68 bits per heavy atom. The van der Waals surface area contributed by atoms with E-state index in [1.54, 1.807) is 36.4 Å². The highest BCUT2D eigenvalue weighted by atomic mass is 79.9. The summed E-state index contributed by atoms with van der Waals surface area (Å²) in [6.45, 7) is 1.89. The van der Waals surface area contributed by atoms with Gasteiger partial charge in [0, 0.05) is 8.95 Å². The predicted octanol–water partition coefficient (Wildman–Crippen LogP) is 4.76. The molecule has 22 heavy (non-hydrogen) atoms. The van der Waals surface area contributed by atoms with Crippen molar-refractivity contribution in [1.82, 2.24) is 8.96 Å². The molecule has 114 valence electrons. The minimum absolute atomic E-state index is 0.0967. The molecule has 0 aliphatic rings. The van der Waals surface area contributed by atoms with Crippen LogP contribution in [0.15, 0.2) is 50.2 Å². The van der Waals surface area contributed by atoms with Crippen molar-refractivity contribution in [2.75, 3.05) is 0 Å². The van der Waals surface area contributed by atoms with Crippen molar-refractivity contribution in [3.63, 3.8) is 0 Å². The summed E-state index contributed by atoms with van der Waals surface area (Å²) in [6.07, 6.45) is 0. The third kappa shape index (κ3) is 2.60. The minimum atomic E-state index is -3.81. The third-order valence-corrected chi connectivity index (χ3v) is 7.09. The van der Waals surface area contributed by atoms with Crippen LogP contribution in [0, 0.1) is 6.92 Å². The monoisotopic (exact) mass is 462 g/mol. The maximum absolute atomic E-state index is 12.8. The van der Waals surface area contributed by atoms with Gasteiger partial charge in [0.25, 0.3) is 10.0 Å². The highest BCUT2D eigenvalue weighted by molar-refractivity contribution is 9.13. The van der Waals surface area contributed by atoms with Crippen LogP contribution < -0.4 is 0 Å². The zero-order chi connectivity index (χ0) is 16.1. The van der Waals surface area contributed by atoms with E-state index >= 15 is 0 Å². The molecule has 0 bridgehead atoms. The van der Waals surface area contributed by atoms with E-state index in [2.05, 4.69) is 36.8 Å². The van der Waals surface area contributed by atoms with E-state index in [1.165, 1.54) is 0 Å². The smallest absolute Gasteiger partial charge is 0.217 e. The van der Waals surface area contributed by atoms with E-state index in [9.17, 15) is 8.42 Å². The van der Waals surface area contributed by atoms with E-state index in [1.807, 2.05) is 6.92 Å². The van der Waals surface area contributed by atoms with Crippen LogP contribution in [-0.4, -0.2) is 17.4 Å². The zero-order valence-corrected chi connectivity index (χ0v) is 16.0.